The number of nitrogens with zero attached hydrogens (tertiary/aromatic N) is 2. The van der Waals surface area contributed by atoms with Crippen LogP contribution in [0.25, 0.3) is 21.9 Å². The van der Waals surface area contributed by atoms with Crippen molar-refractivity contribution in [1.29, 1.82) is 0 Å². The molecule has 3 aromatic rings. The van der Waals surface area contributed by atoms with Crippen molar-refractivity contribution in [2.75, 3.05) is 29.9 Å². The van der Waals surface area contributed by atoms with Crippen molar-refractivity contribution in [2.45, 2.75) is 13.0 Å². The Morgan fingerprint density at radius 1 is 1.21 bits per heavy atom. The number of likely N-dealkylation sites (tertiary alicyclic amines) is 1. The van der Waals surface area contributed by atoms with Crippen LogP contribution in [0.1, 0.15) is 6.92 Å². The number of amides is 2. The van der Waals surface area contributed by atoms with Crippen LogP contribution in [0.15, 0.2) is 61.2 Å². The minimum atomic E-state index is -0.476. The number of aromatic hydroxyl groups is 1. The van der Waals surface area contributed by atoms with E-state index in [-0.39, 0.29) is 23.5 Å². The second-order valence-corrected chi connectivity index (χ2v) is 8.69. The highest BCUT2D eigenvalue weighted by Crippen LogP contribution is 2.41. The van der Waals surface area contributed by atoms with Gasteiger partial charge in [0.15, 0.2) is 0 Å². The summed E-state index contributed by atoms with van der Waals surface area (Å²) in [5.74, 6) is -0.557. The van der Waals surface area contributed by atoms with E-state index < -0.39 is 11.9 Å². The molecule has 1 saturated heterocycles. The fourth-order valence-electron chi connectivity index (χ4n) is 4.71. The number of fused-ring (bicyclic) bond motifs is 2. The first kappa shape index (κ1) is 21.0. The number of hydrogen-bond acceptors (Lipinski definition) is 4. The van der Waals surface area contributed by atoms with E-state index in [1.165, 1.54) is 12.1 Å². The second-order valence-electron chi connectivity index (χ2n) is 8.69. The van der Waals surface area contributed by atoms with Gasteiger partial charge in [-0.1, -0.05) is 30.8 Å². The van der Waals surface area contributed by atoms with Gasteiger partial charge in [-0.3, -0.25) is 9.59 Å². The van der Waals surface area contributed by atoms with E-state index >= 15 is 4.39 Å². The standard InChI is InChI=1S/C26H24FN3O3/c1-3-25(32)29-12-16(13-29)14-30-24-11-22(27)21(10-23(24)28-15(2)26(30)33)20-9-18(31)8-17-6-4-5-7-19(17)20/h3-11,15-16,28,31H,1,12-14H2,2H3. The van der Waals surface area contributed by atoms with Crippen molar-refractivity contribution in [2.24, 2.45) is 5.92 Å². The molecule has 1 fully saturated rings. The third kappa shape index (κ3) is 3.59. The quantitative estimate of drug-likeness (QED) is 0.592. The van der Waals surface area contributed by atoms with Gasteiger partial charge in [0.05, 0.1) is 11.4 Å². The summed E-state index contributed by atoms with van der Waals surface area (Å²) in [6.45, 7) is 6.77. The average Bonchev–Trinajstić information content (AvgIpc) is 2.77. The molecule has 3 aromatic carbocycles. The molecule has 0 radical (unpaired) electrons. The van der Waals surface area contributed by atoms with Gasteiger partial charge in [-0.05, 0) is 47.5 Å². The summed E-state index contributed by atoms with van der Waals surface area (Å²) in [6.07, 6.45) is 1.28. The summed E-state index contributed by atoms with van der Waals surface area (Å²) >= 11 is 0. The molecule has 1 atom stereocenters. The highest BCUT2D eigenvalue weighted by atomic mass is 19.1. The monoisotopic (exact) mass is 445 g/mol. The predicted octanol–water partition coefficient (Wildman–Crippen LogP) is 4.14. The van der Waals surface area contributed by atoms with Crippen LogP contribution in [0, 0.1) is 11.7 Å². The Hall–Kier alpha value is -3.87. The van der Waals surface area contributed by atoms with Gasteiger partial charge >= 0.3 is 0 Å². The molecule has 168 valence electrons. The van der Waals surface area contributed by atoms with E-state index in [9.17, 15) is 14.7 Å². The fourth-order valence-corrected chi connectivity index (χ4v) is 4.71. The van der Waals surface area contributed by atoms with Crippen molar-refractivity contribution in [1.82, 2.24) is 4.90 Å². The summed E-state index contributed by atoms with van der Waals surface area (Å²) in [7, 11) is 0. The second kappa shape index (κ2) is 7.92. The molecule has 5 rings (SSSR count). The largest absolute Gasteiger partial charge is 0.508 e. The number of nitrogens with one attached hydrogen (secondary N) is 1. The third-order valence-corrected chi connectivity index (χ3v) is 6.41. The minimum absolute atomic E-state index is 0.0579. The summed E-state index contributed by atoms with van der Waals surface area (Å²) in [5, 5.41) is 15.0. The van der Waals surface area contributed by atoms with Gasteiger partial charge in [-0.15, -0.1) is 0 Å². The number of anilines is 2. The summed E-state index contributed by atoms with van der Waals surface area (Å²) in [5.41, 5.74) is 2.07. The normalized spacial score (nSPS) is 18.0. The lowest BCUT2D eigenvalue weighted by atomic mass is 9.94. The van der Waals surface area contributed by atoms with E-state index in [0.717, 1.165) is 10.8 Å². The van der Waals surface area contributed by atoms with Crippen molar-refractivity contribution in [3.8, 4) is 16.9 Å². The molecule has 6 nitrogen and oxygen atoms in total. The Morgan fingerprint density at radius 2 is 1.97 bits per heavy atom. The molecule has 0 bridgehead atoms. The first-order chi connectivity index (χ1) is 15.9. The van der Waals surface area contributed by atoms with Gasteiger partial charge in [0.25, 0.3) is 0 Å². The molecule has 0 spiro atoms. The summed E-state index contributed by atoms with van der Waals surface area (Å²) < 4.78 is 15.5. The maximum absolute atomic E-state index is 15.5. The molecule has 2 amide bonds. The first-order valence-electron chi connectivity index (χ1n) is 10.9. The number of phenolic OH excluding ortho intramolecular Hbond substituents is 1. The summed E-state index contributed by atoms with van der Waals surface area (Å²) in [4.78, 5) is 27.9. The lowest BCUT2D eigenvalue weighted by molar-refractivity contribution is -0.131. The van der Waals surface area contributed by atoms with Crippen molar-refractivity contribution in [3.05, 3.63) is 67.0 Å². The van der Waals surface area contributed by atoms with Crippen LogP contribution in [0.5, 0.6) is 5.75 Å². The number of benzene rings is 3. The molecule has 33 heavy (non-hydrogen) atoms. The molecule has 2 N–H and O–H groups in total. The van der Waals surface area contributed by atoms with Crippen LogP contribution in [-0.4, -0.2) is 47.5 Å². The Labute approximate surface area is 190 Å². The zero-order chi connectivity index (χ0) is 23.3. The topological polar surface area (TPSA) is 72.9 Å². The van der Waals surface area contributed by atoms with E-state index in [0.29, 0.717) is 42.1 Å². The molecular weight excluding hydrogens is 421 g/mol. The lowest BCUT2D eigenvalue weighted by Crippen LogP contribution is -2.56. The minimum Gasteiger partial charge on any atom is -0.508 e. The average molecular weight is 445 g/mol. The van der Waals surface area contributed by atoms with Gasteiger partial charge in [0.1, 0.15) is 17.6 Å². The van der Waals surface area contributed by atoms with Gasteiger partial charge < -0.3 is 20.2 Å². The highest BCUT2D eigenvalue weighted by Gasteiger charge is 2.37. The molecule has 1 unspecified atom stereocenters. The van der Waals surface area contributed by atoms with Crippen LogP contribution >= 0.6 is 0 Å². The Bertz CT molecular complexity index is 1300. The van der Waals surface area contributed by atoms with Crippen molar-refractivity contribution in [3.63, 3.8) is 0 Å². The third-order valence-electron chi connectivity index (χ3n) is 6.41. The van der Waals surface area contributed by atoms with E-state index in [4.69, 9.17) is 0 Å². The molecule has 2 aliphatic rings. The lowest BCUT2D eigenvalue weighted by Gasteiger charge is -2.43. The van der Waals surface area contributed by atoms with Crippen LogP contribution in [-0.2, 0) is 9.59 Å². The van der Waals surface area contributed by atoms with Gasteiger partial charge in [0, 0.05) is 37.2 Å². The zero-order valence-corrected chi connectivity index (χ0v) is 18.2. The van der Waals surface area contributed by atoms with Crippen molar-refractivity contribution < 1.29 is 19.1 Å². The van der Waals surface area contributed by atoms with Gasteiger partial charge in [-0.2, -0.15) is 0 Å². The number of carbonyl (C=O) groups is 2. The van der Waals surface area contributed by atoms with Gasteiger partial charge in [-0.25, -0.2) is 4.39 Å². The fraction of sp³-hybridized carbons (Fsp3) is 0.231. The van der Waals surface area contributed by atoms with Crippen LogP contribution in [0.3, 0.4) is 0 Å². The number of phenols is 1. The molecule has 2 aliphatic heterocycles. The molecule has 2 heterocycles. The maximum Gasteiger partial charge on any atom is 0.249 e. The van der Waals surface area contributed by atoms with Crippen LogP contribution in [0.4, 0.5) is 15.8 Å². The SMILES string of the molecule is C=CC(=O)N1CC(CN2C(=O)C(C)Nc3cc(-c4cc(O)cc5ccccc45)c(F)cc32)C1. The first-order valence-corrected chi connectivity index (χ1v) is 10.9. The maximum atomic E-state index is 15.5. The van der Waals surface area contributed by atoms with Crippen LogP contribution < -0.4 is 10.2 Å². The predicted molar refractivity (Wildman–Crippen MR) is 127 cm³/mol. The molecule has 0 saturated carbocycles. The Balaban J connectivity index is 1.52. The number of hydrogen-bond donors (Lipinski definition) is 2. The van der Waals surface area contributed by atoms with Crippen molar-refractivity contribution >= 4 is 34.0 Å². The van der Waals surface area contributed by atoms with E-state index in [1.54, 1.807) is 34.9 Å². The zero-order valence-electron chi connectivity index (χ0n) is 18.2. The smallest absolute Gasteiger partial charge is 0.249 e. The Kier molecular flexibility index (Phi) is 5.04. The molecule has 0 aromatic heterocycles. The van der Waals surface area contributed by atoms with Crippen LogP contribution in [0.2, 0.25) is 0 Å². The van der Waals surface area contributed by atoms with E-state index in [1.807, 2.05) is 24.3 Å². The molecular formula is C26H24FN3O3. The summed E-state index contributed by atoms with van der Waals surface area (Å²) in [6, 6.07) is 13.3. The number of carbonyl (C=O) groups excluding carboxylic acids is 2. The van der Waals surface area contributed by atoms with Gasteiger partial charge in [0.2, 0.25) is 11.8 Å². The Morgan fingerprint density at radius 3 is 2.73 bits per heavy atom. The molecule has 0 aliphatic carbocycles. The molecule has 7 heteroatoms. The number of halogens is 1. The number of rotatable bonds is 4. The highest BCUT2D eigenvalue weighted by molar-refractivity contribution is 6.06. The van der Waals surface area contributed by atoms with E-state index in [2.05, 4.69) is 11.9 Å².